The highest BCUT2D eigenvalue weighted by Gasteiger charge is 1.97. The number of carbonyl (C=O) groups is 1. The molecule has 0 aromatic rings. The van der Waals surface area contributed by atoms with Crippen LogP contribution in [0.3, 0.4) is 0 Å². The van der Waals surface area contributed by atoms with E-state index in [9.17, 15) is 4.79 Å². The molecule has 4 N–H and O–H groups in total. The lowest BCUT2D eigenvalue weighted by Crippen LogP contribution is -2.37. The van der Waals surface area contributed by atoms with Crippen molar-refractivity contribution in [2.75, 3.05) is 39.9 Å². The van der Waals surface area contributed by atoms with E-state index in [-0.39, 0.29) is 5.91 Å². The van der Waals surface area contributed by atoms with Crippen molar-refractivity contribution in [3.8, 4) is 0 Å². The lowest BCUT2D eigenvalue weighted by molar-refractivity contribution is -0.120. The first kappa shape index (κ1) is 11.4. The van der Waals surface area contributed by atoms with E-state index < -0.39 is 0 Å². The van der Waals surface area contributed by atoms with Gasteiger partial charge in [-0.05, 0) is 0 Å². The minimum Gasteiger partial charge on any atom is -0.383 e. The number of hydrogen-bond donors (Lipinski definition) is 3. The van der Waals surface area contributed by atoms with Crippen LogP contribution in [-0.2, 0) is 9.53 Å². The average Bonchev–Trinajstić information content (AvgIpc) is 2.06. The summed E-state index contributed by atoms with van der Waals surface area (Å²) >= 11 is 0. The van der Waals surface area contributed by atoms with Crippen molar-refractivity contribution in [1.29, 1.82) is 0 Å². The van der Waals surface area contributed by atoms with Gasteiger partial charge < -0.3 is 21.1 Å². The fourth-order valence-corrected chi connectivity index (χ4v) is 0.659. The Balaban J connectivity index is 3.10. The van der Waals surface area contributed by atoms with Gasteiger partial charge in [0.25, 0.3) is 0 Å². The van der Waals surface area contributed by atoms with Crippen LogP contribution < -0.4 is 16.4 Å². The van der Waals surface area contributed by atoms with E-state index in [2.05, 4.69) is 10.6 Å². The van der Waals surface area contributed by atoms with Crippen molar-refractivity contribution in [2.45, 2.75) is 0 Å². The van der Waals surface area contributed by atoms with E-state index in [1.54, 1.807) is 7.11 Å². The standard InChI is InChI=1S/C7H17N3O2/c1-12-5-4-10-7(11)6-9-3-2-8/h9H,2-6,8H2,1H3,(H,10,11). The van der Waals surface area contributed by atoms with Gasteiger partial charge in [0.2, 0.25) is 5.91 Å². The van der Waals surface area contributed by atoms with Crippen LogP contribution in [0.1, 0.15) is 0 Å². The Morgan fingerprint density at radius 1 is 1.50 bits per heavy atom. The maximum absolute atomic E-state index is 10.9. The van der Waals surface area contributed by atoms with E-state index in [4.69, 9.17) is 10.5 Å². The van der Waals surface area contributed by atoms with Crippen LogP contribution in [0.5, 0.6) is 0 Å². The molecule has 0 fully saturated rings. The second-order valence-corrected chi connectivity index (χ2v) is 2.31. The number of ether oxygens (including phenoxy) is 1. The predicted molar refractivity (Wildman–Crippen MR) is 46.8 cm³/mol. The predicted octanol–water partition coefficient (Wildman–Crippen LogP) is -1.70. The molecule has 0 atom stereocenters. The van der Waals surface area contributed by atoms with Gasteiger partial charge in [-0.3, -0.25) is 4.79 Å². The molecule has 0 saturated carbocycles. The summed E-state index contributed by atoms with van der Waals surface area (Å²) in [5.41, 5.74) is 5.22. The Kier molecular flexibility index (Phi) is 7.99. The van der Waals surface area contributed by atoms with Crippen molar-refractivity contribution in [2.24, 2.45) is 5.73 Å². The van der Waals surface area contributed by atoms with E-state index in [1.165, 1.54) is 0 Å². The fourth-order valence-electron chi connectivity index (χ4n) is 0.659. The van der Waals surface area contributed by atoms with E-state index in [0.29, 0.717) is 32.8 Å². The second-order valence-electron chi connectivity index (χ2n) is 2.31. The third kappa shape index (κ3) is 7.46. The number of amides is 1. The zero-order valence-electron chi connectivity index (χ0n) is 7.43. The summed E-state index contributed by atoms with van der Waals surface area (Å²) in [6, 6.07) is 0. The van der Waals surface area contributed by atoms with Gasteiger partial charge in [-0.25, -0.2) is 0 Å². The molecule has 1 amide bonds. The Hall–Kier alpha value is -0.650. The number of carbonyl (C=O) groups excluding carboxylic acids is 1. The van der Waals surface area contributed by atoms with Gasteiger partial charge in [0.15, 0.2) is 0 Å². The highest BCUT2D eigenvalue weighted by atomic mass is 16.5. The Bertz CT molecular complexity index is 107. The van der Waals surface area contributed by atoms with Crippen LogP contribution in [0.15, 0.2) is 0 Å². The molecule has 0 spiro atoms. The van der Waals surface area contributed by atoms with E-state index in [1.807, 2.05) is 0 Å². The van der Waals surface area contributed by atoms with Gasteiger partial charge in [0.1, 0.15) is 0 Å². The van der Waals surface area contributed by atoms with Crippen LogP contribution in [0, 0.1) is 0 Å². The zero-order chi connectivity index (χ0) is 9.23. The lowest BCUT2D eigenvalue weighted by atomic mass is 10.5. The average molecular weight is 175 g/mol. The minimum absolute atomic E-state index is 0.0273. The smallest absolute Gasteiger partial charge is 0.234 e. The molecule has 5 nitrogen and oxygen atoms in total. The second kappa shape index (κ2) is 8.45. The van der Waals surface area contributed by atoms with Crippen molar-refractivity contribution in [1.82, 2.24) is 10.6 Å². The van der Waals surface area contributed by atoms with Gasteiger partial charge in [0.05, 0.1) is 13.2 Å². The van der Waals surface area contributed by atoms with Crippen LogP contribution in [-0.4, -0.2) is 45.8 Å². The number of methoxy groups -OCH3 is 1. The van der Waals surface area contributed by atoms with Crippen LogP contribution in [0.2, 0.25) is 0 Å². The third-order valence-electron chi connectivity index (χ3n) is 1.24. The summed E-state index contributed by atoms with van der Waals surface area (Å²) in [5, 5.41) is 5.56. The SMILES string of the molecule is COCCNC(=O)CNCCN. The lowest BCUT2D eigenvalue weighted by Gasteiger charge is -2.04. The number of nitrogens with two attached hydrogens (primary N) is 1. The molecule has 0 aliphatic rings. The highest BCUT2D eigenvalue weighted by Crippen LogP contribution is 1.66. The van der Waals surface area contributed by atoms with Crippen LogP contribution in [0.25, 0.3) is 0 Å². The summed E-state index contributed by atoms with van der Waals surface area (Å²) in [5.74, 6) is -0.0273. The third-order valence-corrected chi connectivity index (χ3v) is 1.24. The molecule has 0 heterocycles. The molecule has 0 bridgehead atoms. The number of rotatable bonds is 7. The molecule has 12 heavy (non-hydrogen) atoms. The quantitative estimate of drug-likeness (QED) is 0.403. The van der Waals surface area contributed by atoms with Crippen molar-refractivity contribution >= 4 is 5.91 Å². The van der Waals surface area contributed by atoms with Crippen LogP contribution >= 0.6 is 0 Å². The van der Waals surface area contributed by atoms with E-state index in [0.717, 1.165) is 0 Å². The van der Waals surface area contributed by atoms with Gasteiger partial charge in [0, 0.05) is 26.7 Å². The number of hydrogen-bond acceptors (Lipinski definition) is 4. The first-order valence-electron chi connectivity index (χ1n) is 3.97. The Labute approximate surface area is 72.6 Å². The largest absolute Gasteiger partial charge is 0.383 e. The monoisotopic (exact) mass is 175 g/mol. The summed E-state index contributed by atoms with van der Waals surface area (Å²) in [6.45, 7) is 2.63. The number of nitrogens with one attached hydrogen (secondary N) is 2. The van der Waals surface area contributed by atoms with Crippen LogP contribution in [0.4, 0.5) is 0 Å². The molecular formula is C7H17N3O2. The first-order valence-corrected chi connectivity index (χ1v) is 3.97. The fraction of sp³-hybridized carbons (Fsp3) is 0.857. The van der Waals surface area contributed by atoms with Gasteiger partial charge >= 0.3 is 0 Å². The molecule has 0 radical (unpaired) electrons. The molecule has 0 aliphatic heterocycles. The summed E-state index contributed by atoms with van der Waals surface area (Å²) in [6.07, 6.45) is 0. The minimum atomic E-state index is -0.0273. The normalized spacial score (nSPS) is 9.83. The van der Waals surface area contributed by atoms with Crippen molar-refractivity contribution < 1.29 is 9.53 Å². The molecule has 72 valence electrons. The maximum Gasteiger partial charge on any atom is 0.234 e. The van der Waals surface area contributed by atoms with Crippen molar-refractivity contribution in [3.05, 3.63) is 0 Å². The van der Waals surface area contributed by atoms with Crippen molar-refractivity contribution in [3.63, 3.8) is 0 Å². The summed E-state index contributed by atoms with van der Waals surface area (Å²) in [4.78, 5) is 10.9. The summed E-state index contributed by atoms with van der Waals surface area (Å²) < 4.78 is 4.76. The molecule has 0 aromatic carbocycles. The zero-order valence-corrected chi connectivity index (χ0v) is 7.43. The molecule has 0 saturated heterocycles. The topological polar surface area (TPSA) is 76.4 Å². The molecule has 0 unspecified atom stereocenters. The van der Waals surface area contributed by atoms with E-state index >= 15 is 0 Å². The first-order chi connectivity index (χ1) is 5.81. The Morgan fingerprint density at radius 3 is 2.83 bits per heavy atom. The maximum atomic E-state index is 10.9. The molecular weight excluding hydrogens is 158 g/mol. The van der Waals surface area contributed by atoms with Gasteiger partial charge in [-0.1, -0.05) is 0 Å². The molecule has 5 heteroatoms. The molecule has 0 rings (SSSR count). The molecule has 0 aromatic heterocycles. The molecule has 0 aliphatic carbocycles. The summed E-state index contributed by atoms with van der Waals surface area (Å²) in [7, 11) is 1.60. The Morgan fingerprint density at radius 2 is 2.25 bits per heavy atom. The highest BCUT2D eigenvalue weighted by molar-refractivity contribution is 5.77. The van der Waals surface area contributed by atoms with Gasteiger partial charge in [-0.2, -0.15) is 0 Å². The van der Waals surface area contributed by atoms with Gasteiger partial charge in [-0.15, -0.1) is 0 Å².